The molecule has 132 valence electrons. The number of nitrogens with zero attached hydrogens (tertiary/aromatic N) is 1. The van der Waals surface area contributed by atoms with Crippen molar-refractivity contribution in [2.45, 2.75) is 36.6 Å². The third-order valence-corrected chi connectivity index (χ3v) is 5.62. The lowest BCUT2D eigenvalue weighted by Crippen LogP contribution is -2.47. The van der Waals surface area contributed by atoms with Gasteiger partial charge in [-0.3, -0.25) is 0 Å². The van der Waals surface area contributed by atoms with E-state index in [0.29, 0.717) is 6.54 Å². The topological polar surface area (TPSA) is 72.6 Å². The highest BCUT2D eigenvalue weighted by Gasteiger charge is 2.32. The minimum Gasteiger partial charge on any atom is -0.488 e. The number of sulfonamides is 1. The molecular weight excluding hydrogens is 350 g/mol. The largest absolute Gasteiger partial charge is 0.488 e. The standard InChI is InChI=1S/C14H20F2N2O3S.ClH/c15-14(16)10-21-12-4-6-13(7-5-12)22(19,20)18-8-2-1-3-11(18)9-17;/h4-7,11,14H,1-3,8-10,17H2;1H. The normalized spacial score (nSPS) is 19.4. The van der Waals surface area contributed by atoms with Gasteiger partial charge in [0.15, 0.2) is 0 Å². The van der Waals surface area contributed by atoms with Crippen LogP contribution >= 0.6 is 12.4 Å². The molecule has 0 aliphatic carbocycles. The van der Waals surface area contributed by atoms with E-state index >= 15 is 0 Å². The Labute approximate surface area is 141 Å². The van der Waals surface area contributed by atoms with Crippen LogP contribution in [0.2, 0.25) is 0 Å². The minimum absolute atomic E-state index is 0. The van der Waals surface area contributed by atoms with Gasteiger partial charge in [0.05, 0.1) is 4.90 Å². The van der Waals surface area contributed by atoms with Crippen LogP contribution in [-0.4, -0.2) is 44.9 Å². The molecule has 9 heteroatoms. The highest BCUT2D eigenvalue weighted by molar-refractivity contribution is 7.89. The smallest absolute Gasteiger partial charge is 0.272 e. The number of hydrogen-bond donors (Lipinski definition) is 1. The van der Waals surface area contributed by atoms with E-state index in [1.807, 2.05) is 0 Å². The summed E-state index contributed by atoms with van der Waals surface area (Å²) in [4.78, 5) is 0.122. The van der Waals surface area contributed by atoms with Gasteiger partial charge in [-0.15, -0.1) is 12.4 Å². The SMILES string of the molecule is Cl.NCC1CCCCN1S(=O)(=O)c1ccc(OCC(F)F)cc1. The molecule has 2 rings (SSSR count). The average molecular weight is 371 g/mol. The van der Waals surface area contributed by atoms with Crippen LogP contribution in [0.15, 0.2) is 29.2 Å². The van der Waals surface area contributed by atoms with Crippen LogP contribution < -0.4 is 10.5 Å². The number of nitrogens with two attached hydrogens (primary N) is 1. The van der Waals surface area contributed by atoms with Crippen molar-refractivity contribution in [3.63, 3.8) is 0 Å². The van der Waals surface area contributed by atoms with E-state index in [0.717, 1.165) is 19.3 Å². The fourth-order valence-corrected chi connectivity index (χ4v) is 4.23. The summed E-state index contributed by atoms with van der Waals surface area (Å²) in [5.41, 5.74) is 5.66. The Bertz CT molecular complexity index is 584. The molecule has 1 aromatic carbocycles. The fourth-order valence-electron chi connectivity index (χ4n) is 2.53. The molecule has 0 spiro atoms. The molecule has 0 saturated carbocycles. The lowest BCUT2D eigenvalue weighted by molar-refractivity contribution is 0.0819. The molecule has 1 aromatic rings. The van der Waals surface area contributed by atoms with Gasteiger partial charge in [-0.2, -0.15) is 4.31 Å². The van der Waals surface area contributed by atoms with Gasteiger partial charge in [0.2, 0.25) is 10.0 Å². The molecule has 1 fully saturated rings. The van der Waals surface area contributed by atoms with Gasteiger partial charge < -0.3 is 10.5 Å². The molecule has 5 nitrogen and oxygen atoms in total. The first-order chi connectivity index (χ1) is 10.4. The summed E-state index contributed by atoms with van der Waals surface area (Å²) in [5, 5.41) is 0. The molecule has 1 heterocycles. The predicted octanol–water partition coefficient (Wildman–Crippen LogP) is 2.25. The summed E-state index contributed by atoms with van der Waals surface area (Å²) < 4.78 is 55.7. The first kappa shape index (κ1) is 20.1. The number of piperidine rings is 1. The van der Waals surface area contributed by atoms with Crippen LogP contribution in [0.25, 0.3) is 0 Å². The van der Waals surface area contributed by atoms with Crippen LogP contribution in [0.3, 0.4) is 0 Å². The fraction of sp³-hybridized carbons (Fsp3) is 0.571. The maximum absolute atomic E-state index is 12.6. The molecule has 0 amide bonds. The zero-order chi connectivity index (χ0) is 16.2. The Hall–Kier alpha value is -0.960. The molecule has 1 aliphatic heterocycles. The number of halogens is 3. The Balaban J connectivity index is 0.00000264. The highest BCUT2D eigenvalue weighted by atomic mass is 35.5. The van der Waals surface area contributed by atoms with Crippen molar-refractivity contribution in [3.8, 4) is 5.75 Å². The maximum atomic E-state index is 12.6. The van der Waals surface area contributed by atoms with Gasteiger partial charge in [0.25, 0.3) is 6.43 Å². The van der Waals surface area contributed by atoms with E-state index in [1.165, 1.54) is 28.6 Å². The molecule has 2 N–H and O–H groups in total. The summed E-state index contributed by atoms with van der Waals surface area (Å²) in [6.45, 7) is 0.0239. The van der Waals surface area contributed by atoms with Crippen LogP contribution in [0.5, 0.6) is 5.75 Å². The van der Waals surface area contributed by atoms with E-state index in [-0.39, 0.29) is 35.6 Å². The Morgan fingerprint density at radius 3 is 2.48 bits per heavy atom. The van der Waals surface area contributed by atoms with Crippen LogP contribution in [0, 0.1) is 0 Å². The number of alkyl halides is 2. The molecule has 1 atom stereocenters. The Kier molecular flexibility index (Phi) is 7.66. The lowest BCUT2D eigenvalue weighted by atomic mass is 10.1. The number of hydrogen-bond acceptors (Lipinski definition) is 4. The molecule has 1 saturated heterocycles. The summed E-state index contributed by atoms with van der Waals surface area (Å²) in [5.74, 6) is 0.216. The van der Waals surface area contributed by atoms with Gasteiger partial charge in [0, 0.05) is 19.1 Å². The van der Waals surface area contributed by atoms with E-state index in [9.17, 15) is 17.2 Å². The van der Waals surface area contributed by atoms with E-state index < -0.39 is 23.1 Å². The van der Waals surface area contributed by atoms with Gasteiger partial charge in [-0.25, -0.2) is 17.2 Å². The first-order valence-electron chi connectivity index (χ1n) is 7.18. The van der Waals surface area contributed by atoms with Crippen LogP contribution in [0.4, 0.5) is 8.78 Å². The van der Waals surface area contributed by atoms with E-state index in [1.54, 1.807) is 0 Å². The summed E-state index contributed by atoms with van der Waals surface area (Å²) in [6, 6.07) is 5.33. The van der Waals surface area contributed by atoms with Gasteiger partial charge in [-0.05, 0) is 37.1 Å². The Morgan fingerprint density at radius 2 is 1.91 bits per heavy atom. The van der Waals surface area contributed by atoms with Crippen molar-refractivity contribution >= 4 is 22.4 Å². The van der Waals surface area contributed by atoms with Crippen molar-refractivity contribution in [1.82, 2.24) is 4.31 Å². The molecular formula is C14H21ClF2N2O3S. The van der Waals surface area contributed by atoms with Crippen molar-refractivity contribution in [3.05, 3.63) is 24.3 Å². The number of rotatable bonds is 6. The second-order valence-corrected chi connectivity index (χ2v) is 7.07. The minimum atomic E-state index is -3.62. The molecule has 0 bridgehead atoms. The van der Waals surface area contributed by atoms with Crippen LogP contribution in [-0.2, 0) is 10.0 Å². The second kappa shape index (κ2) is 8.77. The van der Waals surface area contributed by atoms with E-state index in [2.05, 4.69) is 0 Å². The molecule has 0 aromatic heterocycles. The Morgan fingerprint density at radius 1 is 1.26 bits per heavy atom. The van der Waals surface area contributed by atoms with Gasteiger partial charge in [0.1, 0.15) is 12.4 Å². The highest BCUT2D eigenvalue weighted by Crippen LogP contribution is 2.26. The van der Waals surface area contributed by atoms with Crippen molar-refractivity contribution < 1.29 is 21.9 Å². The van der Waals surface area contributed by atoms with Crippen LogP contribution in [0.1, 0.15) is 19.3 Å². The quantitative estimate of drug-likeness (QED) is 0.833. The molecule has 0 radical (unpaired) electrons. The average Bonchev–Trinajstić information content (AvgIpc) is 2.53. The monoisotopic (exact) mass is 370 g/mol. The van der Waals surface area contributed by atoms with Crippen molar-refractivity contribution in [2.75, 3.05) is 19.7 Å². The number of benzene rings is 1. The predicted molar refractivity (Wildman–Crippen MR) is 85.8 cm³/mol. The zero-order valence-corrected chi connectivity index (χ0v) is 14.2. The third-order valence-electron chi connectivity index (χ3n) is 3.65. The molecule has 23 heavy (non-hydrogen) atoms. The second-order valence-electron chi connectivity index (χ2n) is 5.17. The van der Waals surface area contributed by atoms with Gasteiger partial charge in [-0.1, -0.05) is 6.42 Å². The summed E-state index contributed by atoms with van der Waals surface area (Å²) >= 11 is 0. The van der Waals surface area contributed by atoms with Gasteiger partial charge >= 0.3 is 0 Å². The first-order valence-corrected chi connectivity index (χ1v) is 8.62. The molecule has 1 unspecified atom stereocenters. The van der Waals surface area contributed by atoms with E-state index in [4.69, 9.17) is 10.5 Å². The van der Waals surface area contributed by atoms with Crippen molar-refractivity contribution in [1.29, 1.82) is 0 Å². The summed E-state index contributed by atoms with van der Waals surface area (Å²) in [6.07, 6.45) is -0.0349. The zero-order valence-electron chi connectivity index (χ0n) is 12.5. The third kappa shape index (κ3) is 5.00. The lowest BCUT2D eigenvalue weighted by Gasteiger charge is -2.33. The maximum Gasteiger partial charge on any atom is 0.272 e. The number of ether oxygens (including phenoxy) is 1. The van der Waals surface area contributed by atoms with Crippen molar-refractivity contribution in [2.24, 2.45) is 5.73 Å². The molecule has 1 aliphatic rings. The summed E-state index contributed by atoms with van der Waals surface area (Å²) in [7, 11) is -3.62.